The van der Waals surface area contributed by atoms with Crippen molar-refractivity contribution in [2.75, 3.05) is 6.61 Å². The first kappa shape index (κ1) is 7.34. The molecule has 0 heterocycles. The third-order valence-corrected chi connectivity index (χ3v) is 0.684. The van der Waals surface area contributed by atoms with Gasteiger partial charge in [0, 0.05) is 5.95 Å². The Morgan fingerprint density at radius 3 is 2.12 bits per heavy atom. The molecule has 0 aliphatic heterocycles. The number of rotatable bonds is 2. The molecular weight excluding hydrogens is 104 g/mol. The van der Waals surface area contributed by atoms with Crippen LogP contribution in [0, 0.1) is 0 Å². The fourth-order valence-corrected chi connectivity index (χ4v) is 0.275. The minimum Gasteiger partial charge on any atom is -0.614 e. The smallest absolute Gasteiger partial charge is 0.0498 e. The van der Waals surface area contributed by atoms with E-state index in [4.69, 9.17) is 0 Å². The molecule has 0 aliphatic rings. The predicted octanol–water partition coefficient (Wildman–Crippen LogP) is 0.635. The summed E-state index contributed by atoms with van der Waals surface area (Å²) < 4.78 is 4.63. The zero-order chi connectivity index (χ0) is 6.57. The second kappa shape index (κ2) is 3.36. The van der Waals surface area contributed by atoms with Crippen molar-refractivity contribution in [2.45, 2.75) is 20.8 Å². The third kappa shape index (κ3) is 2.50. The van der Waals surface area contributed by atoms with Gasteiger partial charge >= 0.3 is 0 Å². The Morgan fingerprint density at radius 2 is 2.00 bits per heavy atom. The standard InChI is InChI=1S/C6H12O2/c1-4-8-6(7)5(2)3/h7H,4H2,1-3H3/p-1. The Balaban J connectivity index is 3.62. The lowest BCUT2D eigenvalue weighted by Gasteiger charge is -2.13. The van der Waals surface area contributed by atoms with Gasteiger partial charge in [0.1, 0.15) is 0 Å². The molecule has 0 bridgehead atoms. The molecule has 2 heteroatoms. The van der Waals surface area contributed by atoms with Gasteiger partial charge in [-0.3, -0.25) is 0 Å². The number of hydrogen-bond donors (Lipinski definition) is 0. The molecule has 0 N–H and O–H groups in total. The molecule has 48 valence electrons. The third-order valence-electron chi connectivity index (χ3n) is 0.684. The Labute approximate surface area is 49.8 Å². The Bertz CT molecular complexity index is 90.7. The van der Waals surface area contributed by atoms with E-state index in [1.54, 1.807) is 20.8 Å². The molecule has 0 radical (unpaired) electrons. The fourth-order valence-electron chi connectivity index (χ4n) is 0.275. The molecule has 0 rings (SSSR count). The number of allylic oxidation sites excluding steroid dienone is 1. The van der Waals surface area contributed by atoms with Crippen LogP contribution in [0.25, 0.3) is 0 Å². The fraction of sp³-hybridized carbons (Fsp3) is 0.667. The first-order valence-electron chi connectivity index (χ1n) is 2.65. The van der Waals surface area contributed by atoms with E-state index >= 15 is 0 Å². The summed E-state index contributed by atoms with van der Waals surface area (Å²) >= 11 is 0. The van der Waals surface area contributed by atoms with Gasteiger partial charge in [-0.2, -0.15) is 0 Å². The lowest BCUT2D eigenvalue weighted by atomic mass is 10.4. The van der Waals surface area contributed by atoms with Gasteiger partial charge in [0.2, 0.25) is 0 Å². The van der Waals surface area contributed by atoms with Crippen molar-refractivity contribution in [3.8, 4) is 0 Å². The van der Waals surface area contributed by atoms with E-state index in [1.807, 2.05) is 0 Å². The Kier molecular flexibility index (Phi) is 3.08. The normalized spacial score (nSPS) is 8.38. The number of ether oxygens (including phenoxy) is 1. The van der Waals surface area contributed by atoms with E-state index in [1.165, 1.54) is 0 Å². The summed E-state index contributed by atoms with van der Waals surface area (Å²) in [5, 5.41) is 10.5. The average Bonchev–Trinajstić information content (AvgIpc) is 1.67. The molecule has 0 saturated heterocycles. The highest BCUT2D eigenvalue weighted by Gasteiger charge is 1.79. The van der Waals surface area contributed by atoms with Gasteiger partial charge in [0.25, 0.3) is 0 Å². The van der Waals surface area contributed by atoms with Crippen molar-refractivity contribution in [3.05, 3.63) is 11.5 Å². The van der Waals surface area contributed by atoms with E-state index < -0.39 is 0 Å². The summed E-state index contributed by atoms with van der Waals surface area (Å²) in [6, 6.07) is 0. The molecule has 0 aromatic rings. The lowest BCUT2D eigenvalue weighted by Crippen LogP contribution is -2.09. The van der Waals surface area contributed by atoms with Crippen LogP contribution in [0.4, 0.5) is 0 Å². The monoisotopic (exact) mass is 115 g/mol. The molecule has 2 nitrogen and oxygen atoms in total. The molecule has 0 aromatic carbocycles. The van der Waals surface area contributed by atoms with E-state index in [2.05, 4.69) is 4.74 Å². The van der Waals surface area contributed by atoms with Crippen LogP contribution in [0.5, 0.6) is 0 Å². The van der Waals surface area contributed by atoms with Gasteiger partial charge in [0.15, 0.2) is 0 Å². The van der Waals surface area contributed by atoms with Crippen molar-refractivity contribution < 1.29 is 9.84 Å². The molecule has 8 heavy (non-hydrogen) atoms. The van der Waals surface area contributed by atoms with E-state index in [0.29, 0.717) is 12.2 Å². The largest absolute Gasteiger partial charge is 0.614 e. The van der Waals surface area contributed by atoms with Crippen LogP contribution >= 0.6 is 0 Å². The van der Waals surface area contributed by atoms with Crippen molar-refractivity contribution in [2.24, 2.45) is 0 Å². The maximum Gasteiger partial charge on any atom is 0.0498 e. The molecule has 0 atom stereocenters. The second-order valence-electron chi connectivity index (χ2n) is 1.72. The molecule has 0 unspecified atom stereocenters. The van der Waals surface area contributed by atoms with Crippen LogP contribution in [-0.4, -0.2) is 6.61 Å². The summed E-state index contributed by atoms with van der Waals surface area (Å²) in [7, 11) is 0. The summed E-state index contributed by atoms with van der Waals surface area (Å²) in [6.45, 7) is 5.72. The molecule has 0 aliphatic carbocycles. The Hall–Kier alpha value is -0.660. The zero-order valence-electron chi connectivity index (χ0n) is 5.52. The molecule has 0 spiro atoms. The van der Waals surface area contributed by atoms with Crippen LogP contribution in [-0.2, 0) is 4.74 Å². The average molecular weight is 115 g/mol. The van der Waals surface area contributed by atoms with Gasteiger partial charge < -0.3 is 9.84 Å². The van der Waals surface area contributed by atoms with Crippen LogP contribution in [0.1, 0.15) is 20.8 Å². The maximum atomic E-state index is 10.5. The van der Waals surface area contributed by atoms with Crippen molar-refractivity contribution in [1.82, 2.24) is 0 Å². The maximum absolute atomic E-state index is 10.5. The van der Waals surface area contributed by atoms with Gasteiger partial charge in [-0.25, -0.2) is 0 Å². The van der Waals surface area contributed by atoms with Gasteiger partial charge in [-0.05, 0) is 20.5 Å². The van der Waals surface area contributed by atoms with Crippen molar-refractivity contribution >= 4 is 0 Å². The van der Waals surface area contributed by atoms with Crippen LogP contribution < -0.4 is 5.11 Å². The highest BCUT2D eigenvalue weighted by Crippen LogP contribution is 1.95. The predicted molar refractivity (Wildman–Crippen MR) is 30.0 cm³/mol. The van der Waals surface area contributed by atoms with Gasteiger partial charge in [-0.15, -0.1) is 0 Å². The highest BCUT2D eigenvalue weighted by molar-refractivity contribution is 4.91. The summed E-state index contributed by atoms with van der Waals surface area (Å²) in [6.07, 6.45) is 0. The van der Waals surface area contributed by atoms with Crippen LogP contribution in [0.3, 0.4) is 0 Å². The van der Waals surface area contributed by atoms with Crippen LogP contribution in [0.2, 0.25) is 0 Å². The second-order valence-corrected chi connectivity index (χ2v) is 1.72. The first-order valence-corrected chi connectivity index (χ1v) is 2.65. The van der Waals surface area contributed by atoms with E-state index in [-0.39, 0.29) is 5.95 Å². The first-order chi connectivity index (χ1) is 3.68. The topological polar surface area (TPSA) is 32.3 Å². The lowest BCUT2D eigenvalue weighted by molar-refractivity contribution is -0.358. The van der Waals surface area contributed by atoms with Gasteiger partial charge in [-0.1, -0.05) is 12.5 Å². The SMILES string of the molecule is CCOC([O-])=C(C)C. The van der Waals surface area contributed by atoms with E-state index in [0.717, 1.165) is 0 Å². The number of hydrogen-bond acceptors (Lipinski definition) is 2. The summed E-state index contributed by atoms with van der Waals surface area (Å²) in [5.41, 5.74) is 0.701. The molecule has 0 aromatic heterocycles. The van der Waals surface area contributed by atoms with Gasteiger partial charge in [0.05, 0.1) is 0 Å². The van der Waals surface area contributed by atoms with Crippen molar-refractivity contribution in [1.29, 1.82) is 0 Å². The minimum atomic E-state index is -0.201. The molecular formula is C6H11O2-. The summed E-state index contributed by atoms with van der Waals surface area (Å²) in [5.74, 6) is -0.201. The Morgan fingerprint density at radius 1 is 1.50 bits per heavy atom. The molecule has 0 fully saturated rings. The highest BCUT2D eigenvalue weighted by atomic mass is 16.6. The molecule has 0 saturated carbocycles. The quantitative estimate of drug-likeness (QED) is 0.494. The van der Waals surface area contributed by atoms with Crippen LogP contribution in [0.15, 0.2) is 11.5 Å². The summed E-state index contributed by atoms with van der Waals surface area (Å²) in [4.78, 5) is 0. The van der Waals surface area contributed by atoms with Crippen molar-refractivity contribution in [3.63, 3.8) is 0 Å². The zero-order valence-corrected chi connectivity index (χ0v) is 5.52. The molecule has 0 amide bonds. The minimum absolute atomic E-state index is 0.201. The van der Waals surface area contributed by atoms with E-state index in [9.17, 15) is 5.11 Å².